The van der Waals surface area contributed by atoms with Gasteiger partial charge in [0, 0.05) is 24.9 Å². The quantitative estimate of drug-likeness (QED) is 0.451. The van der Waals surface area contributed by atoms with Gasteiger partial charge in [0.1, 0.15) is 6.04 Å². The number of nitrogens with one attached hydrogen (secondary N) is 2. The van der Waals surface area contributed by atoms with Gasteiger partial charge in [-0.15, -0.1) is 0 Å². The Balaban J connectivity index is 1.47. The van der Waals surface area contributed by atoms with Gasteiger partial charge < -0.3 is 10.4 Å². The lowest BCUT2D eigenvalue weighted by atomic mass is 9.96. The molecule has 2 aromatic rings. The van der Waals surface area contributed by atoms with Gasteiger partial charge in [-0.05, 0) is 49.8 Å². The van der Waals surface area contributed by atoms with Gasteiger partial charge in [0.15, 0.2) is 5.82 Å². The van der Waals surface area contributed by atoms with E-state index in [4.69, 9.17) is 0 Å². The van der Waals surface area contributed by atoms with Gasteiger partial charge in [-0.1, -0.05) is 43.9 Å². The van der Waals surface area contributed by atoms with Crippen LogP contribution in [0, 0.1) is 5.92 Å². The number of aromatic nitrogens is 2. The number of carbonyl (C=O) groups is 2. The summed E-state index contributed by atoms with van der Waals surface area (Å²) in [7, 11) is 0. The van der Waals surface area contributed by atoms with Crippen molar-refractivity contribution in [1.29, 1.82) is 0 Å². The third kappa shape index (κ3) is 7.44. The lowest BCUT2D eigenvalue weighted by Crippen LogP contribution is -2.56. The Bertz CT molecular complexity index is 1180. The molecule has 1 atom stereocenters. The lowest BCUT2D eigenvalue weighted by molar-refractivity contribution is -0.139. The molecule has 8 nitrogen and oxygen atoms in total. The van der Waals surface area contributed by atoms with Crippen LogP contribution in [-0.2, 0) is 28.7 Å². The van der Waals surface area contributed by atoms with Crippen LogP contribution in [0.5, 0.6) is 0 Å². The van der Waals surface area contributed by atoms with Crippen molar-refractivity contribution in [2.75, 3.05) is 11.9 Å². The maximum atomic E-state index is 13.4. The van der Waals surface area contributed by atoms with Crippen LogP contribution in [0.1, 0.15) is 57.1 Å². The Morgan fingerprint density at radius 1 is 1.24 bits per heavy atom. The molecule has 38 heavy (non-hydrogen) atoms. The standard InChI is InChI=1S/C27H34F3N5O3/c1-26(2,38)17-34-11-10-23(33-34)32-25(37)22(14-18-6-3-4-7-18)35-24(36)15-20(16-31-35)12-19-8-5-9-21(13-19)27(28,29)30/h5,8-11,13,15,18,22,31,38H,3-4,6-7,12,14,16-17H2,1-2H3,(H,32,33,37). The number of halogens is 3. The summed E-state index contributed by atoms with van der Waals surface area (Å²) in [4.78, 5) is 26.5. The molecule has 1 aromatic carbocycles. The number of carbonyl (C=O) groups excluding carboxylic acids is 2. The first-order valence-electron chi connectivity index (χ1n) is 12.9. The second-order valence-electron chi connectivity index (χ2n) is 10.8. The van der Waals surface area contributed by atoms with Crippen molar-refractivity contribution < 1.29 is 27.9 Å². The Morgan fingerprint density at radius 2 is 1.97 bits per heavy atom. The molecule has 1 aliphatic carbocycles. The fourth-order valence-corrected chi connectivity index (χ4v) is 5.07. The van der Waals surface area contributed by atoms with Gasteiger partial charge >= 0.3 is 6.18 Å². The summed E-state index contributed by atoms with van der Waals surface area (Å²) in [6.07, 6.45) is 3.46. The van der Waals surface area contributed by atoms with Crippen molar-refractivity contribution in [3.05, 3.63) is 59.3 Å². The van der Waals surface area contributed by atoms with Crippen molar-refractivity contribution in [3.63, 3.8) is 0 Å². The zero-order valence-corrected chi connectivity index (χ0v) is 21.6. The van der Waals surface area contributed by atoms with Gasteiger partial charge in [-0.3, -0.25) is 19.3 Å². The molecule has 2 heterocycles. The normalized spacial score (nSPS) is 18.0. The molecule has 1 aromatic heterocycles. The smallest absolute Gasteiger partial charge is 0.389 e. The second-order valence-corrected chi connectivity index (χ2v) is 10.8. The molecule has 2 aliphatic rings. The molecule has 1 unspecified atom stereocenters. The predicted octanol–water partition coefficient (Wildman–Crippen LogP) is 4.08. The lowest BCUT2D eigenvalue weighted by Gasteiger charge is -2.34. The summed E-state index contributed by atoms with van der Waals surface area (Å²) in [5, 5.41) is 18.5. The summed E-state index contributed by atoms with van der Waals surface area (Å²) in [6, 6.07) is 5.91. The number of aliphatic hydroxyl groups is 1. The van der Waals surface area contributed by atoms with Crippen molar-refractivity contribution in [2.45, 2.75) is 76.7 Å². The summed E-state index contributed by atoms with van der Waals surface area (Å²) < 4.78 is 40.8. The summed E-state index contributed by atoms with van der Waals surface area (Å²) in [6.45, 7) is 3.80. The molecule has 0 saturated heterocycles. The van der Waals surface area contributed by atoms with Gasteiger partial charge in [-0.25, -0.2) is 5.43 Å². The summed E-state index contributed by atoms with van der Waals surface area (Å²) in [5.74, 6) is -0.158. The van der Waals surface area contributed by atoms with Gasteiger partial charge in [-0.2, -0.15) is 18.3 Å². The number of anilines is 1. The molecule has 0 bridgehead atoms. The molecule has 3 N–H and O–H groups in total. The van der Waals surface area contributed by atoms with E-state index >= 15 is 0 Å². The van der Waals surface area contributed by atoms with E-state index in [9.17, 15) is 27.9 Å². The molecule has 4 rings (SSSR count). The SMILES string of the molecule is CC(C)(O)Cn1ccc(NC(=O)C(CC2CCCC2)N2NCC(Cc3cccc(C(F)(F)F)c3)=CC2=O)n1. The van der Waals surface area contributed by atoms with E-state index in [0.29, 0.717) is 29.3 Å². The largest absolute Gasteiger partial charge is 0.416 e. The maximum Gasteiger partial charge on any atom is 0.416 e. The second kappa shape index (κ2) is 11.3. The molecule has 2 amide bonds. The summed E-state index contributed by atoms with van der Waals surface area (Å²) >= 11 is 0. The van der Waals surface area contributed by atoms with Crippen LogP contribution in [0.15, 0.2) is 48.2 Å². The molecule has 11 heteroatoms. The van der Waals surface area contributed by atoms with Crippen molar-refractivity contribution in [2.24, 2.45) is 5.92 Å². The van der Waals surface area contributed by atoms with Gasteiger partial charge in [0.2, 0.25) is 5.91 Å². The molecular formula is C27H34F3N5O3. The van der Waals surface area contributed by atoms with E-state index in [-0.39, 0.29) is 25.4 Å². The highest BCUT2D eigenvalue weighted by Gasteiger charge is 2.35. The molecule has 0 radical (unpaired) electrons. The highest BCUT2D eigenvalue weighted by molar-refractivity contribution is 5.98. The van der Waals surface area contributed by atoms with Crippen LogP contribution in [0.2, 0.25) is 0 Å². The number of hydrogen-bond donors (Lipinski definition) is 3. The van der Waals surface area contributed by atoms with E-state index in [0.717, 1.165) is 37.8 Å². The first kappa shape index (κ1) is 27.8. The highest BCUT2D eigenvalue weighted by atomic mass is 19.4. The third-order valence-corrected chi connectivity index (χ3v) is 6.81. The van der Waals surface area contributed by atoms with E-state index in [1.165, 1.54) is 21.8 Å². The molecule has 1 saturated carbocycles. The van der Waals surface area contributed by atoms with Crippen LogP contribution < -0.4 is 10.7 Å². The molecule has 1 aliphatic heterocycles. The van der Waals surface area contributed by atoms with Crippen LogP contribution >= 0.6 is 0 Å². The van der Waals surface area contributed by atoms with E-state index in [1.807, 2.05) is 0 Å². The van der Waals surface area contributed by atoms with Gasteiger partial charge in [0.25, 0.3) is 5.91 Å². The fraction of sp³-hybridized carbons (Fsp3) is 0.519. The monoisotopic (exact) mass is 533 g/mol. The molecule has 206 valence electrons. The first-order chi connectivity index (χ1) is 17.9. The molecule has 0 spiro atoms. The summed E-state index contributed by atoms with van der Waals surface area (Å²) in [5.41, 5.74) is 2.42. The Hall–Kier alpha value is -3.18. The average Bonchev–Trinajstić information content (AvgIpc) is 3.48. The van der Waals surface area contributed by atoms with Gasteiger partial charge in [0.05, 0.1) is 17.7 Å². The predicted molar refractivity (Wildman–Crippen MR) is 136 cm³/mol. The van der Waals surface area contributed by atoms with E-state index in [2.05, 4.69) is 15.8 Å². The van der Waals surface area contributed by atoms with Crippen LogP contribution in [0.3, 0.4) is 0 Å². The minimum atomic E-state index is -4.44. The zero-order chi connectivity index (χ0) is 27.5. The number of nitrogens with zero attached hydrogens (tertiary/aromatic N) is 3. The number of rotatable bonds is 9. The number of hydrazine groups is 1. The number of alkyl halides is 3. The Kier molecular flexibility index (Phi) is 8.27. The third-order valence-electron chi connectivity index (χ3n) is 6.81. The average molecular weight is 534 g/mol. The minimum Gasteiger partial charge on any atom is -0.389 e. The van der Waals surface area contributed by atoms with E-state index < -0.39 is 29.3 Å². The molecular weight excluding hydrogens is 499 g/mol. The topological polar surface area (TPSA) is 99.5 Å². The number of amides is 2. The van der Waals surface area contributed by atoms with E-state index in [1.54, 1.807) is 32.2 Å². The van der Waals surface area contributed by atoms with Crippen molar-refractivity contribution >= 4 is 17.6 Å². The number of benzene rings is 1. The van der Waals surface area contributed by atoms with Crippen LogP contribution in [0.4, 0.5) is 19.0 Å². The maximum absolute atomic E-state index is 13.4. The highest BCUT2D eigenvalue weighted by Crippen LogP contribution is 2.32. The van der Waals surface area contributed by atoms with Crippen molar-refractivity contribution in [1.82, 2.24) is 20.2 Å². The Morgan fingerprint density at radius 3 is 2.63 bits per heavy atom. The first-order valence-corrected chi connectivity index (χ1v) is 12.9. The van der Waals surface area contributed by atoms with Crippen LogP contribution in [-0.4, -0.2) is 49.9 Å². The fourth-order valence-electron chi connectivity index (χ4n) is 5.07. The number of hydrogen-bond acceptors (Lipinski definition) is 5. The minimum absolute atomic E-state index is 0.189. The zero-order valence-electron chi connectivity index (χ0n) is 21.6. The van der Waals surface area contributed by atoms with Crippen LogP contribution in [0.25, 0.3) is 0 Å². The molecule has 1 fully saturated rings. The van der Waals surface area contributed by atoms with Crippen molar-refractivity contribution in [3.8, 4) is 0 Å². The Labute approximate surface area is 219 Å².